The van der Waals surface area contributed by atoms with Gasteiger partial charge in [-0.15, -0.1) is 0 Å². The van der Waals surface area contributed by atoms with Gasteiger partial charge in [0.05, 0.1) is 17.0 Å². The second kappa shape index (κ2) is 7.45. The molecular formula is C24H18N2O2. The van der Waals surface area contributed by atoms with Gasteiger partial charge in [-0.05, 0) is 42.3 Å². The maximum atomic E-state index is 11.0. The van der Waals surface area contributed by atoms with Crippen LogP contribution in [0.3, 0.4) is 0 Å². The number of benzene rings is 2. The third-order valence-corrected chi connectivity index (χ3v) is 4.64. The average Bonchev–Trinajstić information content (AvgIpc) is 2.75. The van der Waals surface area contributed by atoms with Crippen LogP contribution in [0.1, 0.15) is 15.9 Å². The first kappa shape index (κ1) is 17.6. The van der Waals surface area contributed by atoms with Crippen LogP contribution in [0.4, 0.5) is 0 Å². The van der Waals surface area contributed by atoms with Gasteiger partial charge in [0.15, 0.2) is 0 Å². The zero-order valence-corrected chi connectivity index (χ0v) is 15.3. The van der Waals surface area contributed by atoms with Crippen LogP contribution in [0.5, 0.6) is 0 Å². The number of carboxylic acid groups (broad SMARTS) is 1. The largest absolute Gasteiger partial charge is 0.478 e. The van der Waals surface area contributed by atoms with Crippen molar-refractivity contribution in [2.45, 2.75) is 6.92 Å². The lowest BCUT2D eigenvalue weighted by atomic mass is 10.0. The van der Waals surface area contributed by atoms with E-state index in [1.54, 1.807) is 30.5 Å². The lowest BCUT2D eigenvalue weighted by Gasteiger charge is -2.06. The van der Waals surface area contributed by atoms with Gasteiger partial charge in [-0.25, -0.2) is 4.79 Å². The third-order valence-electron chi connectivity index (χ3n) is 4.64. The summed E-state index contributed by atoms with van der Waals surface area (Å²) in [5.41, 5.74) is 7.16. The summed E-state index contributed by atoms with van der Waals surface area (Å²) >= 11 is 0. The molecule has 2 aromatic heterocycles. The molecule has 2 heterocycles. The number of aromatic nitrogens is 2. The molecule has 28 heavy (non-hydrogen) atoms. The SMILES string of the molecule is Cc1ccc(-c2ccc(-c3ccc(-c4ccc(C(=O)O)cc4)cn3)nc2)cc1. The molecule has 2 aromatic carbocycles. The summed E-state index contributed by atoms with van der Waals surface area (Å²) in [6, 6.07) is 23.0. The topological polar surface area (TPSA) is 63.1 Å². The number of carbonyl (C=O) groups is 1. The highest BCUT2D eigenvalue weighted by Crippen LogP contribution is 2.24. The summed E-state index contributed by atoms with van der Waals surface area (Å²) in [5.74, 6) is -0.930. The Labute approximate surface area is 163 Å². The van der Waals surface area contributed by atoms with Gasteiger partial charge in [-0.2, -0.15) is 0 Å². The van der Waals surface area contributed by atoms with Crippen LogP contribution in [0.2, 0.25) is 0 Å². The normalized spacial score (nSPS) is 10.6. The fourth-order valence-corrected chi connectivity index (χ4v) is 2.98. The molecule has 0 bridgehead atoms. The minimum atomic E-state index is -0.930. The number of aromatic carboxylic acids is 1. The summed E-state index contributed by atoms with van der Waals surface area (Å²) in [6.07, 6.45) is 3.64. The Morgan fingerprint density at radius 2 is 1.07 bits per heavy atom. The van der Waals surface area contributed by atoms with E-state index in [1.165, 1.54) is 5.56 Å². The van der Waals surface area contributed by atoms with Gasteiger partial charge in [0, 0.05) is 23.5 Å². The van der Waals surface area contributed by atoms with E-state index in [-0.39, 0.29) is 5.56 Å². The molecule has 1 N–H and O–H groups in total. The highest BCUT2D eigenvalue weighted by molar-refractivity contribution is 5.88. The molecule has 0 amide bonds. The molecule has 0 fully saturated rings. The maximum absolute atomic E-state index is 11.0. The summed E-state index contributed by atoms with van der Waals surface area (Å²) in [7, 11) is 0. The molecule has 0 aliphatic carbocycles. The highest BCUT2D eigenvalue weighted by atomic mass is 16.4. The summed E-state index contributed by atoms with van der Waals surface area (Å²) < 4.78 is 0. The van der Waals surface area contributed by atoms with Crippen LogP contribution in [0, 0.1) is 6.92 Å². The molecule has 4 aromatic rings. The van der Waals surface area contributed by atoms with Crippen molar-refractivity contribution in [2.24, 2.45) is 0 Å². The zero-order chi connectivity index (χ0) is 19.5. The third kappa shape index (κ3) is 3.67. The molecule has 4 nitrogen and oxygen atoms in total. The molecule has 0 aliphatic heterocycles. The van der Waals surface area contributed by atoms with E-state index in [1.807, 2.05) is 30.5 Å². The van der Waals surface area contributed by atoms with Gasteiger partial charge in [-0.1, -0.05) is 54.1 Å². The maximum Gasteiger partial charge on any atom is 0.335 e. The first-order chi connectivity index (χ1) is 13.6. The number of hydrogen-bond acceptors (Lipinski definition) is 3. The summed E-state index contributed by atoms with van der Waals surface area (Å²) in [4.78, 5) is 20.0. The van der Waals surface area contributed by atoms with E-state index in [0.717, 1.165) is 33.6 Å². The summed E-state index contributed by atoms with van der Waals surface area (Å²) in [6.45, 7) is 2.07. The van der Waals surface area contributed by atoms with Crippen molar-refractivity contribution in [3.05, 3.63) is 96.3 Å². The fourth-order valence-electron chi connectivity index (χ4n) is 2.98. The van der Waals surface area contributed by atoms with Crippen LogP contribution >= 0.6 is 0 Å². The van der Waals surface area contributed by atoms with Crippen molar-refractivity contribution in [1.29, 1.82) is 0 Å². The Morgan fingerprint density at radius 3 is 1.46 bits per heavy atom. The average molecular weight is 366 g/mol. The second-order valence-corrected chi connectivity index (χ2v) is 6.61. The molecular weight excluding hydrogens is 348 g/mol. The van der Waals surface area contributed by atoms with Gasteiger partial charge in [0.1, 0.15) is 0 Å². The highest BCUT2D eigenvalue weighted by Gasteiger charge is 2.06. The van der Waals surface area contributed by atoms with Crippen molar-refractivity contribution >= 4 is 5.97 Å². The molecule has 0 radical (unpaired) electrons. The van der Waals surface area contributed by atoms with Gasteiger partial charge in [-0.3, -0.25) is 9.97 Å². The van der Waals surface area contributed by atoms with Crippen LogP contribution in [0.15, 0.2) is 85.2 Å². The molecule has 0 saturated heterocycles. The lowest BCUT2D eigenvalue weighted by Crippen LogP contribution is -1.95. The number of pyridine rings is 2. The van der Waals surface area contributed by atoms with Crippen molar-refractivity contribution in [1.82, 2.24) is 9.97 Å². The zero-order valence-electron chi connectivity index (χ0n) is 15.3. The van der Waals surface area contributed by atoms with E-state index in [2.05, 4.69) is 41.2 Å². The Bertz CT molecular complexity index is 1100. The molecule has 0 aliphatic rings. The smallest absolute Gasteiger partial charge is 0.335 e. The van der Waals surface area contributed by atoms with Crippen molar-refractivity contribution in [3.8, 4) is 33.6 Å². The quantitative estimate of drug-likeness (QED) is 0.519. The van der Waals surface area contributed by atoms with E-state index in [9.17, 15) is 4.79 Å². The second-order valence-electron chi connectivity index (χ2n) is 6.61. The standard InChI is InChI=1S/C24H18N2O2/c1-16-2-4-17(5-3-16)20-10-12-22(25-14-20)23-13-11-21(15-26-23)18-6-8-19(9-7-18)24(27)28/h2-15H,1H3,(H,27,28). The van der Waals surface area contributed by atoms with E-state index in [0.29, 0.717) is 0 Å². The molecule has 4 heteroatoms. The van der Waals surface area contributed by atoms with Crippen LogP contribution in [0.25, 0.3) is 33.6 Å². The number of aryl methyl sites for hydroxylation is 1. The minimum Gasteiger partial charge on any atom is -0.478 e. The minimum absolute atomic E-state index is 0.270. The lowest BCUT2D eigenvalue weighted by molar-refractivity contribution is 0.0697. The predicted octanol–water partition coefficient (Wildman–Crippen LogP) is 5.48. The van der Waals surface area contributed by atoms with E-state index >= 15 is 0 Å². The molecule has 0 spiro atoms. The molecule has 4 rings (SSSR count). The number of hydrogen-bond donors (Lipinski definition) is 1. The van der Waals surface area contributed by atoms with E-state index in [4.69, 9.17) is 5.11 Å². The van der Waals surface area contributed by atoms with Crippen LogP contribution < -0.4 is 0 Å². The Morgan fingerprint density at radius 1 is 0.643 bits per heavy atom. The number of nitrogens with zero attached hydrogens (tertiary/aromatic N) is 2. The van der Waals surface area contributed by atoms with Crippen LogP contribution in [-0.4, -0.2) is 21.0 Å². The van der Waals surface area contributed by atoms with E-state index < -0.39 is 5.97 Å². The van der Waals surface area contributed by atoms with Crippen LogP contribution in [-0.2, 0) is 0 Å². The Kier molecular flexibility index (Phi) is 4.68. The Hall–Kier alpha value is -3.79. The predicted molar refractivity (Wildman–Crippen MR) is 110 cm³/mol. The van der Waals surface area contributed by atoms with Gasteiger partial charge >= 0.3 is 5.97 Å². The summed E-state index contributed by atoms with van der Waals surface area (Å²) in [5, 5.41) is 8.99. The monoisotopic (exact) mass is 366 g/mol. The first-order valence-electron chi connectivity index (χ1n) is 8.93. The first-order valence-corrected chi connectivity index (χ1v) is 8.93. The number of carboxylic acids is 1. The number of rotatable bonds is 4. The molecule has 0 atom stereocenters. The molecule has 136 valence electrons. The van der Waals surface area contributed by atoms with Crippen molar-refractivity contribution in [2.75, 3.05) is 0 Å². The van der Waals surface area contributed by atoms with Gasteiger partial charge in [0.2, 0.25) is 0 Å². The molecule has 0 saturated carbocycles. The van der Waals surface area contributed by atoms with Crippen molar-refractivity contribution in [3.63, 3.8) is 0 Å². The Balaban J connectivity index is 1.55. The van der Waals surface area contributed by atoms with Gasteiger partial charge < -0.3 is 5.11 Å². The molecule has 0 unspecified atom stereocenters. The van der Waals surface area contributed by atoms with Crippen molar-refractivity contribution < 1.29 is 9.90 Å². The van der Waals surface area contributed by atoms with Gasteiger partial charge in [0.25, 0.3) is 0 Å². The fraction of sp³-hybridized carbons (Fsp3) is 0.0417.